The second-order valence-electron chi connectivity index (χ2n) is 4.24. The van der Waals surface area contributed by atoms with Gasteiger partial charge in [0.1, 0.15) is 17.5 Å². The van der Waals surface area contributed by atoms with Crippen LogP contribution in [0.15, 0.2) is 24.3 Å². The summed E-state index contributed by atoms with van der Waals surface area (Å²) < 4.78 is 13.3. The molecule has 0 bridgehead atoms. The van der Waals surface area contributed by atoms with Crippen LogP contribution in [0.3, 0.4) is 0 Å². The average molecular weight is 280 g/mol. The standard InChI is InChI=1S/C14H15ClFN3/c1-3-6-17-14-8-13(18-9(2)19-14)11-7-10(16)4-5-12(11)15/h4-5,7-8H,3,6H2,1-2H3,(H,17,18,19). The lowest BCUT2D eigenvalue weighted by Gasteiger charge is -2.09. The van der Waals surface area contributed by atoms with Gasteiger partial charge in [0.2, 0.25) is 0 Å². The van der Waals surface area contributed by atoms with Crippen LogP contribution in [0.25, 0.3) is 11.3 Å². The van der Waals surface area contributed by atoms with Gasteiger partial charge in [-0.15, -0.1) is 0 Å². The van der Waals surface area contributed by atoms with Gasteiger partial charge in [-0.3, -0.25) is 0 Å². The zero-order valence-corrected chi connectivity index (χ0v) is 11.6. The topological polar surface area (TPSA) is 37.8 Å². The highest BCUT2D eigenvalue weighted by molar-refractivity contribution is 6.33. The zero-order chi connectivity index (χ0) is 13.8. The van der Waals surface area contributed by atoms with Crippen LogP contribution in [0.1, 0.15) is 19.2 Å². The highest BCUT2D eigenvalue weighted by Gasteiger charge is 2.09. The average Bonchev–Trinajstić information content (AvgIpc) is 2.38. The van der Waals surface area contributed by atoms with Crippen LogP contribution in [0.5, 0.6) is 0 Å². The first-order valence-electron chi connectivity index (χ1n) is 6.15. The molecule has 1 N–H and O–H groups in total. The fraction of sp³-hybridized carbons (Fsp3) is 0.286. The minimum atomic E-state index is -0.335. The summed E-state index contributed by atoms with van der Waals surface area (Å²) in [6, 6.07) is 6.02. The highest BCUT2D eigenvalue weighted by atomic mass is 35.5. The molecule has 1 aromatic heterocycles. The van der Waals surface area contributed by atoms with Crippen LogP contribution in [0.2, 0.25) is 5.02 Å². The van der Waals surface area contributed by atoms with E-state index in [0.717, 1.165) is 18.8 Å². The molecule has 0 atom stereocenters. The van der Waals surface area contributed by atoms with Crippen molar-refractivity contribution in [1.29, 1.82) is 0 Å². The van der Waals surface area contributed by atoms with E-state index in [1.165, 1.54) is 18.2 Å². The smallest absolute Gasteiger partial charge is 0.130 e. The van der Waals surface area contributed by atoms with E-state index in [4.69, 9.17) is 11.6 Å². The van der Waals surface area contributed by atoms with E-state index in [2.05, 4.69) is 22.2 Å². The normalized spacial score (nSPS) is 10.5. The molecule has 3 nitrogen and oxygen atoms in total. The number of anilines is 1. The molecule has 1 heterocycles. The Balaban J connectivity index is 2.43. The first-order valence-corrected chi connectivity index (χ1v) is 6.53. The summed E-state index contributed by atoms with van der Waals surface area (Å²) in [4.78, 5) is 8.60. The summed E-state index contributed by atoms with van der Waals surface area (Å²) in [6.45, 7) is 4.70. The summed E-state index contributed by atoms with van der Waals surface area (Å²) in [5, 5.41) is 3.66. The predicted molar refractivity (Wildman–Crippen MR) is 76.0 cm³/mol. The summed E-state index contributed by atoms with van der Waals surface area (Å²) in [7, 11) is 0. The Morgan fingerprint density at radius 3 is 2.79 bits per heavy atom. The molecule has 2 aromatic rings. The van der Waals surface area contributed by atoms with Gasteiger partial charge in [-0.2, -0.15) is 0 Å². The first-order chi connectivity index (χ1) is 9.10. The van der Waals surface area contributed by atoms with Gasteiger partial charge in [-0.25, -0.2) is 14.4 Å². The first kappa shape index (κ1) is 13.7. The van der Waals surface area contributed by atoms with Crippen LogP contribution in [0.4, 0.5) is 10.2 Å². The molecule has 0 spiro atoms. The fourth-order valence-electron chi connectivity index (χ4n) is 1.74. The van der Waals surface area contributed by atoms with E-state index in [1.54, 1.807) is 13.0 Å². The van der Waals surface area contributed by atoms with Crippen molar-refractivity contribution >= 4 is 17.4 Å². The quantitative estimate of drug-likeness (QED) is 0.917. The minimum Gasteiger partial charge on any atom is -0.370 e. The molecule has 5 heteroatoms. The number of benzene rings is 1. The monoisotopic (exact) mass is 279 g/mol. The molecule has 0 saturated heterocycles. The van der Waals surface area contributed by atoms with Crippen LogP contribution in [-0.4, -0.2) is 16.5 Å². The summed E-state index contributed by atoms with van der Waals surface area (Å²) in [5.41, 5.74) is 1.20. The number of aryl methyl sites for hydroxylation is 1. The highest BCUT2D eigenvalue weighted by Crippen LogP contribution is 2.28. The number of halogens is 2. The lowest BCUT2D eigenvalue weighted by Crippen LogP contribution is -2.04. The Morgan fingerprint density at radius 1 is 1.26 bits per heavy atom. The third-order valence-corrected chi connectivity index (χ3v) is 2.93. The third kappa shape index (κ3) is 3.41. The van der Waals surface area contributed by atoms with E-state index in [0.29, 0.717) is 22.1 Å². The van der Waals surface area contributed by atoms with Crippen molar-refractivity contribution in [3.63, 3.8) is 0 Å². The Morgan fingerprint density at radius 2 is 2.05 bits per heavy atom. The van der Waals surface area contributed by atoms with Crippen molar-refractivity contribution in [1.82, 2.24) is 9.97 Å². The molecular formula is C14H15ClFN3. The number of rotatable bonds is 4. The second kappa shape index (κ2) is 5.97. The summed E-state index contributed by atoms with van der Waals surface area (Å²) in [5.74, 6) is 1.01. The zero-order valence-electron chi connectivity index (χ0n) is 10.9. The van der Waals surface area contributed by atoms with Gasteiger partial charge in [-0.1, -0.05) is 18.5 Å². The molecule has 100 valence electrons. The molecular weight excluding hydrogens is 265 g/mol. The number of aromatic nitrogens is 2. The molecule has 0 saturated carbocycles. The van der Waals surface area contributed by atoms with Crippen molar-refractivity contribution in [2.75, 3.05) is 11.9 Å². The maximum Gasteiger partial charge on any atom is 0.130 e. The van der Waals surface area contributed by atoms with Crippen molar-refractivity contribution in [3.8, 4) is 11.3 Å². The fourth-order valence-corrected chi connectivity index (χ4v) is 1.96. The molecule has 0 aliphatic rings. The summed E-state index contributed by atoms with van der Waals surface area (Å²) >= 11 is 6.09. The molecule has 0 radical (unpaired) electrons. The van der Waals surface area contributed by atoms with Gasteiger partial charge in [-0.05, 0) is 31.5 Å². The lowest BCUT2D eigenvalue weighted by atomic mass is 10.1. The van der Waals surface area contributed by atoms with Crippen LogP contribution in [-0.2, 0) is 0 Å². The van der Waals surface area contributed by atoms with Gasteiger partial charge in [0, 0.05) is 18.2 Å². The van der Waals surface area contributed by atoms with Crippen molar-refractivity contribution in [2.24, 2.45) is 0 Å². The Kier molecular flexibility index (Phi) is 4.32. The van der Waals surface area contributed by atoms with E-state index in [9.17, 15) is 4.39 Å². The maximum atomic E-state index is 13.3. The Labute approximate surface area is 116 Å². The van der Waals surface area contributed by atoms with Gasteiger partial charge in [0.05, 0.1) is 10.7 Å². The molecule has 0 amide bonds. The van der Waals surface area contributed by atoms with Gasteiger partial charge in [0.25, 0.3) is 0 Å². The van der Waals surface area contributed by atoms with E-state index in [-0.39, 0.29) is 5.82 Å². The molecule has 0 aliphatic carbocycles. The number of nitrogens with one attached hydrogen (secondary N) is 1. The van der Waals surface area contributed by atoms with Gasteiger partial charge in [0.15, 0.2) is 0 Å². The SMILES string of the molecule is CCCNc1cc(-c2cc(F)ccc2Cl)nc(C)n1. The molecule has 0 unspecified atom stereocenters. The molecule has 2 rings (SSSR count). The molecule has 19 heavy (non-hydrogen) atoms. The van der Waals surface area contributed by atoms with Crippen LogP contribution < -0.4 is 5.32 Å². The maximum absolute atomic E-state index is 13.3. The Hall–Kier alpha value is -1.68. The van der Waals surface area contributed by atoms with Crippen LogP contribution >= 0.6 is 11.6 Å². The van der Waals surface area contributed by atoms with Crippen molar-refractivity contribution in [3.05, 3.63) is 40.9 Å². The molecule has 0 aliphatic heterocycles. The van der Waals surface area contributed by atoms with Crippen molar-refractivity contribution in [2.45, 2.75) is 20.3 Å². The Bertz CT molecular complexity index is 587. The molecule has 1 aromatic carbocycles. The predicted octanol–water partition coefficient (Wildman–Crippen LogP) is 4.07. The van der Waals surface area contributed by atoms with Crippen molar-refractivity contribution < 1.29 is 4.39 Å². The lowest BCUT2D eigenvalue weighted by molar-refractivity contribution is 0.628. The minimum absolute atomic E-state index is 0.335. The number of hydrogen-bond donors (Lipinski definition) is 1. The van der Waals surface area contributed by atoms with E-state index in [1.807, 2.05) is 0 Å². The van der Waals surface area contributed by atoms with Crippen LogP contribution in [0, 0.1) is 12.7 Å². The van der Waals surface area contributed by atoms with E-state index < -0.39 is 0 Å². The molecule has 0 fully saturated rings. The van der Waals surface area contributed by atoms with Gasteiger partial charge < -0.3 is 5.32 Å². The number of hydrogen-bond acceptors (Lipinski definition) is 3. The summed E-state index contributed by atoms with van der Waals surface area (Å²) in [6.07, 6.45) is 0.999. The largest absolute Gasteiger partial charge is 0.370 e. The third-order valence-electron chi connectivity index (χ3n) is 2.60. The van der Waals surface area contributed by atoms with Gasteiger partial charge >= 0.3 is 0 Å². The van der Waals surface area contributed by atoms with E-state index >= 15 is 0 Å². The number of nitrogens with zero attached hydrogens (tertiary/aromatic N) is 2. The second-order valence-corrected chi connectivity index (χ2v) is 4.64.